The number of allylic oxidation sites excluding steroid dienone is 8. The third-order valence-corrected chi connectivity index (χ3v) is 8.98. The Morgan fingerprint density at radius 1 is 0.647 bits per heavy atom. The third-order valence-electron chi connectivity index (χ3n) is 8.98. The Kier molecular flexibility index (Phi) is 31.4. The molecular weight excluding hydrogens is 648 g/mol. The summed E-state index contributed by atoms with van der Waals surface area (Å²) in [5.74, 6) is -0.334. The average molecular weight is 723 g/mol. The van der Waals surface area contributed by atoms with Crippen molar-refractivity contribution in [3.05, 3.63) is 48.6 Å². The first kappa shape index (κ1) is 47.2. The summed E-state index contributed by atoms with van der Waals surface area (Å²) in [5.41, 5.74) is 0. The van der Waals surface area contributed by atoms with Crippen LogP contribution in [0.15, 0.2) is 48.6 Å². The van der Waals surface area contributed by atoms with Crippen LogP contribution in [0.25, 0.3) is 0 Å². The van der Waals surface area contributed by atoms with E-state index in [1.807, 2.05) is 0 Å². The zero-order chi connectivity index (χ0) is 37.2. The molecule has 6 unspecified atom stereocenters. The molecule has 1 saturated heterocycles. The molecule has 1 aliphatic heterocycles. The molecule has 1 fully saturated rings. The number of rotatable bonds is 33. The first-order chi connectivity index (χ1) is 24.9. The highest BCUT2D eigenvalue weighted by atomic mass is 16.7. The molecule has 9 heteroatoms. The molecular formula is C42H74O9. The van der Waals surface area contributed by atoms with Crippen LogP contribution in [0.5, 0.6) is 0 Å². The fourth-order valence-corrected chi connectivity index (χ4v) is 5.79. The van der Waals surface area contributed by atoms with Crippen LogP contribution in [-0.2, 0) is 23.7 Å². The van der Waals surface area contributed by atoms with Crippen molar-refractivity contribution in [1.29, 1.82) is 0 Å². The lowest BCUT2D eigenvalue weighted by Crippen LogP contribution is -2.59. The van der Waals surface area contributed by atoms with E-state index in [0.29, 0.717) is 13.0 Å². The van der Waals surface area contributed by atoms with E-state index in [2.05, 4.69) is 62.5 Å². The molecule has 296 valence electrons. The summed E-state index contributed by atoms with van der Waals surface area (Å²) in [5, 5.41) is 40.0. The van der Waals surface area contributed by atoms with Crippen molar-refractivity contribution >= 4 is 5.97 Å². The van der Waals surface area contributed by atoms with Crippen molar-refractivity contribution in [2.45, 2.75) is 185 Å². The summed E-state index contributed by atoms with van der Waals surface area (Å²) in [4.78, 5) is 12.7. The molecule has 0 aromatic rings. The molecule has 1 rings (SSSR count). The molecule has 1 heterocycles. The zero-order valence-electron chi connectivity index (χ0n) is 32.1. The standard InChI is InChI=1S/C42H74O9/c1-3-5-7-9-11-13-15-17-19-21-23-25-27-29-31-38(44)50-36(35-49-42-41(47)40(46)39(45)37(33-43)51-42)34-48-32-30-28-26-24-22-20-18-16-14-12-10-8-6-4-2/h6,8,12,14-15,17-18,20,36-37,39-43,45-47H,3-5,7,9-11,13,16,19,21-35H2,1-2H3/b8-6-,14-12-,17-15-,20-18-. The van der Waals surface area contributed by atoms with Gasteiger partial charge in [0.2, 0.25) is 0 Å². The predicted molar refractivity (Wildman–Crippen MR) is 205 cm³/mol. The lowest BCUT2D eigenvalue weighted by atomic mass is 9.99. The molecule has 0 radical (unpaired) electrons. The Bertz CT molecular complexity index is 916. The van der Waals surface area contributed by atoms with E-state index < -0.39 is 43.4 Å². The van der Waals surface area contributed by atoms with Gasteiger partial charge in [0.1, 0.15) is 30.5 Å². The number of unbranched alkanes of at least 4 members (excludes halogenated alkanes) is 14. The van der Waals surface area contributed by atoms with Crippen molar-refractivity contribution in [1.82, 2.24) is 0 Å². The van der Waals surface area contributed by atoms with Crippen LogP contribution in [0.2, 0.25) is 0 Å². The monoisotopic (exact) mass is 723 g/mol. The minimum absolute atomic E-state index is 0.125. The minimum atomic E-state index is -1.54. The molecule has 9 nitrogen and oxygen atoms in total. The number of esters is 1. The largest absolute Gasteiger partial charge is 0.457 e. The molecule has 0 aromatic carbocycles. The molecule has 51 heavy (non-hydrogen) atoms. The van der Waals surface area contributed by atoms with Gasteiger partial charge in [-0.1, -0.05) is 120 Å². The second-order valence-electron chi connectivity index (χ2n) is 13.7. The van der Waals surface area contributed by atoms with Gasteiger partial charge in [-0.05, 0) is 70.6 Å². The van der Waals surface area contributed by atoms with E-state index in [0.717, 1.165) is 89.9 Å². The van der Waals surface area contributed by atoms with Gasteiger partial charge in [0.05, 0.1) is 19.8 Å². The first-order valence-corrected chi connectivity index (χ1v) is 20.2. The van der Waals surface area contributed by atoms with Gasteiger partial charge >= 0.3 is 5.97 Å². The minimum Gasteiger partial charge on any atom is -0.457 e. The van der Waals surface area contributed by atoms with E-state index >= 15 is 0 Å². The number of aliphatic hydroxyl groups excluding tert-OH is 4. The van der Waals surface area contributed by atoms with Gasteiger partial charge in [-0.2, -0.15) is 0 Å². The van der Waals surface area contributed by atoms with Gasteiger partial charge in [-0.25, -0.2) is 0 Å². The Labute approximate surface area is 310 Å². The Balaban J connectivity index is 2.34. The third kappa shape index (κ3) is 25.7. The normalized spacial score (nSPS) is 21.9. The number of carbonyl (C=O) groups is 1. The number of aliphatic hydroxyl groups is 4. The van der Waals surface area contributed by atoms with Crippen molar-refractivity contribution in [3.63, 3.8) is 0 Å². The highest BCUT2D eigenvalue weighted by Gasteiger charge is 2.44. The molecule has 1 aliphatic rings. The highest BCUT2D eigenvalue weighted by molar-refractivity contribution is 5.69. The molecule has 0 amide bonds. The second kappa shape index (κ2) is 34.0. The van der Waals surface area contributed by atoms with Gasteiger partial charge in [-0.3, -0.25) is 4.79 Å². The van der Waals surface area contributed by atoms with E-state index in [9.17, 15) is 25.2 Å². The first-order valence-electron chi connectivity index (χ1n) is 20.2. The van der Waals surface area contributed by atoms with Crippen molar-refractivity contribution in [2.24, 2.45) is 0 Å². The number of carbonyl (C=O) groups excluding carboxylic acids is 1. The van der Waals surface area contributed by atoms with Crippen LogP contribution in [0.3, 0.4) is 0 Å². The SMILES string of the molecule is CC/C=C\C/C=C\C/C=C\CCCCCCOCC(COC1OC(CO)C(O)C(O)C1O)OC(=O)CCCCCCC/C=C\CCCCCCC. The van der Waals surface area contributed by atoms with Crippen LogP contribution in [0, 0.1) is 0 Å². The smallest absolute Gasteiger partial charge is 0.306 e. The Morgan fingerprint density at radius 3 is 1.82 bits per heavy atom. The Morgan fingerprint density at radius 2 is 1.20 bits per heavy atom. The summed E-state index contributed by atoms with van der Waals surface area (Å²) < 4.78 is 22.7. The lowest BCUT2D eigenvalue weighted by Gasteiger charge is -2.39. The number of ether oxygens (including phenoxy) is 4. The summed E-state index contributed by atoms with van der Waals surface area (Å²) in [6, 6.07) is 0. The van der Waals surface area contributed by atoms with Gasteiger partial charge in [-0.15, -0.1) is 0 Å². The fourth-order valence-electron chi connectivity index (χ4n) is 5.79. The van der Waals surface area contributed by atoms with E-state index in [4.69, 9.17) is 18.9 Å². The molecule has 0 spiro atoms. The maximum atomic E-state index is 12.7. The molecule has 4 N–H and O–H groups in total. The molecule has 0 aromatic heterocycles. The van der Waals surface area contributed by atoms with E-state index in [1.54, 1.807) is 0 Å². The van der Waals surface area contributed by atoms with Crippen LogP contribution >= 0.6 is 0 Å². The predicted octanol–water partition coefficient (Wildman–Crippen LogP) is 8.19. The van der Waals surface area contributed by atoms with Crippen molar-refractivity contribution in [3.8, 4) is 0 Å². The summed E-state index contributed by atoms with van der Waals surface area (Å²) in [7, 11) is 0. The topological polar surface area (TPSA) is 135 Å². The van der Waals surface area contributed by atoms with Gasteiger partial charge < -0.3 is 39.4 Å². The van der Waals surface area contributed by atoms with Crippen molar-refractivity contribution < 1.29 is 44.2 Å². The molecule has 0 saturated carbocycles. The molecule has 6 atom stereocenters. The second-order valence-corrected chi connectivity index (χ2v) is 13.7. The molecule has 0 bridgehead atoms. The Hall–Kier alpha value is -1.85. The summed E-state index contributed by atoms with van der Waals surface area (Å²) in [6.45, 7) is 4.35. The quantitative estimate of drug-likeness (QED) is 0.0301. The summed E-state index contributed by atoms with van der Waals surface area (Å²) >= 11 is 0. The van der Waals surface area contributed by atoms with E-state index in [1.165, 1.54) is 38.5 Å². The van der Waals surface area contributed by atoms with Crippen LogP contribution in [-0.4, -0.2) is 89.6 Å². The van der Waals surface area contributed by atoms with Crippen molar-refractivity contribution in [2.75, 3.05) is 26.4 Å². The maximum absolute atomic E-state index is 12.7. The average Bonchev–Trinajstić information content (AvgIpc) is 3.13. The highest BCUT2D eigenvalue weighted by Crippen LogP contribution is 2.22. The van der Waals surface area contributed by atoms with E-state index in [-0.39, 0.29) is 19.2 Å². The van der Waals surface area contributed by atoms with Crippen LogP contribution in [0.4, 0.5) is 0 Å². The number of hydrogen-bond acceptors (Lipinski definition) is 9. The summed E-state index contributed by atoms with van der Waals surface area (Å²) in [6.07, 6.45) is 32.8. The fraction of sp³-hybridized carbons (Fsp3) is 0.786. The van der Waals surface area contributed by atoms with Crippen LogP contribution in [0.1, 0.15) is 149 Å². The molecule has 0 aliphatic carbocycles. The maximum Gasteiger partial charge on any atom is 0.306 e. The van der Waals surface area contributed by atoms with Gasteiger partial charge in [0.15, 0.2) is 6.29 Å². The van der Waals surface area contributed by atoms with Gasteiger partial charge in [0.25, 0.3) is 0 Å². The van der Waals surface area contributed by atoms with Crippen LogP contribution < -0.4 is 0 Å². The lowest BCUT2D eigenvalue weighted by molar-refractivity contribution is -0.305. The van der Waals surface area contributed by atoms with Gasteiger partial charge in [0, 0.05) is 13.0 Å². The number of hydrogen-bond donors (Lipinski definition) is 4. The zero-order valence-corrected chi connectivity index (χ0v) is 32.1.